The average molecular weight is 932 g/mol. The normalized spacial score (nSPS) is 13.8. The van der Waals surface area contributed by atoms with E-state index in [1.165, 1.54) is 37.0 Å². The fourth-order valence-corrected chi connectivity index (χ4v) is 5.76. The van der Waals surface area contributed by atoms with Gasteiger partial charge in [-0.15, -0.1) is 11.3 Å². The van der Waals surface area contributed by atoms with E-state index in [2.05, 4.69) is 59.3 Å². The summed E-state index contributed by atoms with van der Waals surface area (Å²) in [4.78, 5) is 40.9. The number of esters is 1. The van der Waals surface area contributed by atoms with Gasteiger partial charge in [0.25, 0.3) is 5.91 Å². The van der Waals surface area contributed by atoms with Gasteiger partial charge in [-0.05, 0) is 50.2 Å². The Balaban J connectivity index is 0.000000821. The number of thiazole rings is 1. The Labute approximate surface area is 325 Å². The van der Waals surface area contributed by atoms with Crippen LogP contribution in [-0.4, -0.2) is 63.4 Å². The SMILES string of the molecule is C/C=C(\NC)C1CCOCC1.C=C(NC(C(=C)NC(=O)c1csc(-c2ccc(CNC(=O)COCC[CH2-])cc2)n1)=C1CCC1)C(=O)OC.[CH3-].[U+2]. The van der Waals surface area contributed by atoms with Crippen LogP contribution < -0.4 is 21.3 Å². The third kappa shape index (κ3) is 14.2. The van der Waals surface area contributed by atoms with Crippen molar-refractivity contribution in [2.45, 2.75) is 52.0 Å². The van der Waals surface area contributed by atoms with Crippen molar-refractivity contribution in [3.05, 3.63) is 103 Å². The quantitative estimate of drug-likeness (QED) is 0.0778. The molecule has 2 heterocycles. The molecule has 13 heteroatoms. The number of carbonyl (C=O) groups excluding carboxylic acids is 3. The van der Waals surface area contributed by atoms with Crippen LogP contribution in [0.15, 0.2) is 77.2 Å². The summed E-state index contributed by atoms with van der Waals surface area (Å²) in [6.07, 6.45) is 7.83. The number of methoxy groups -OCH3 is 1. The number of benzene rings is 1. The Hall–Kier alpha value is -3.21. The van der Waals surface area contributed by atoms with E-state index >= 15 is 0 Å². The maximum atomic E-state index is 12.9. The van der Waals surface area contributed by atoms with Crippen LogP contribution in [0.1, 0.15) is 61.5 Å². The summed E-state index contributed by atoms with van der Waals surface area (Å²) >= 11 is 1.35. The Morgan fingerprint density at radius 3 is 2.34 bits per heavy atom. The number of aromatic nitrogens is 1. The van der Waals surface area contributed by atoms with Crippen molar-refractivity contribution in [3.63, 3.8) is 0 Å². The van der Waals surface area contributed by atoms with Gasteiger partial charge in [-0.2, -0.15) is 6.42 Å². The zero-order chi connectivity index (χ0) is 34.9. The van der Waals surface area contributed by atoms with Crippen molar-refractivity contribution in [1.82, 2.24) is 26.3 Å². The number of rotatable bonds is 15. The molecule has 1 aliphatic carbocycles. The molecule has 4 N–H and O–H groups in total. The molecular formula is C37H51N5O6SU. The van der Waals surface area contributed by atoms with E-state index in [0.717, 1.165) is 49.2 Å². The summed E-state index contributed by atoms with van der Waals surface area (Å²) in [5, 5.41) is 14.1. The summed E-state index contributed by atoms with van der Waals surface area (Å²) in [7, 11) is 3.27. The van der Waals surface area contributed by atoms with Crippen LogP contribution in [0.4, 0.5) is 0 Å². The average Bonchev–Trinajstić information content (AvgIpc) is 3.58. The van der Waals surface area contributed by atoms with Crippen LogP contribution in [0.2, 0.25) is 0 Å². The number of hydrogen-bond acceptors (Lipinski definition) is 10. The van der Waals surface area contributed by atoms with E-state index in [9.17, 15) is 14.4 Å². The first-order valence-electron chi connectivity index (χ1n) is 16.1. The Morgan fingerprint density at radius 2 is 1.78 bits per heavy atom. The van der Waals surface area contributed by atoms with E-state index in [1.54, 1.807) is 5.38 Å². The minimum atomic E-state index is -0.590. The first-order valence-corrected chi connectivity index (χ1v) is 17.0. The van der Waals surface area contributed by atoms with Crippen LogP contribution in [0.5, 0.6) is 0 Å². The van der Waals surface area contributed by atoms with Crippen LogP contribution in [-0.2, 0) is 30.3 Å². The van der Waals surface area contributed by atoms with Gasteiger partial charge < -0.3 is 49.8 Å². The van der Waals surface area contributed by atoms with Crippen molar-refractivity contribution >= 4 is 29.1 Å². The van der Waals surface area contributed by atoms with Gasteiger partial charge >= 0.3 is 37.1 Å². The van der Waals surface area contributed by atoms with Gasteiger partial charge in [0, 0.05) is 56.0 Å². The molecule has 0 spiro atoms. The minimum Gasteiger partial charge on any atom is -0.464 e. The predicted octanol–water partition coefficient (Wildman–Crippen LogP) is 5.61. The third-order valence-corrected chi connectivity index (χ3v) is 8.69. The number of nitrogens with zero attached hydrogens (tertiary/aromatic N) is 1. The number of hydrogen-bond donors (Lipinski definition) is 4. The maximum absolute atomic E-state index is 12.9. The topological polar surface area (TPSA) is 140 Å². The number of nitrogens with one attached hydrogen (secondary N) is 4. The van der Waals surface area contributed by atoms with Crippen LogP contribution in [0.3, 0.4) is 0 Å². The Morgan fingerprint density at radius 1 is 1.10 bits per heavy atom. The van der Waals surface area contributed by atoms with Crippen LogP contribution in [0.25, 0.3) is 10.6 Å². The molecule has 1 aromatic carbocycles. The summed E-state index contributed by atoms with van der Waals surface area (Å²) in [6, 6.07) is 7.57. The summed E-state index contributed by atoms with van der Waals surface area (Å²) < 4.78 is 15.1. The first-order chi connectivity index (χ1) is 23.2. The standard InChI is InChI=1S/C27H31N4O5S.C9H17NO.CH3.U/c1-5-13-36-15-23(32)28-14-19-9-11-21(12-10-19)26-31-22(16-37-26)25(33)30-17(2)24(20-7-6-8-20)29-18(3)27(34)35-4;1-3-9(10-2)8-4-6-11-7-5-8;;/h9-12,16,29H,1-3,5-8,13-15H2,4H3,(H,28,32)(H,30,33);3,8,10H,4-7H2,1-2H3;1H3;/q-1;;-1;+2/b;9-3-;;. The molecule has 0 unspecified atom stereocenters. The Bertz CT molecular complexity index is 1480. The van der Waals surface area contributed by atoms with Crippen molar-refractivity contribution in [2.24, 2.45) is 5.92 Å². The molecule has 270 valence electrons. The van der Waals surface area contributed by atoms with E-state index in [-0.39, 0.29) is 62.4 Å². The molecule has 2 amide bonds. The second kappa shape index (κ2) is 24.1. The second-order valence-electron chi connectivity index (χ2n) is 11.2. The fourth-order valence-electron chi connectivity index (χ4n) is 4.96. The molecule has 1 saturated heterocycles. The van der Waals surface area contributed by atoms with Gasteiger partial charge in [0.1, 0.15) is 23.0 Å². The van der Waals surface area contributed by atoms with Crippen molar-refractivity contribution in [3.8, 4) is 10.6 Å². The largest absolute Gasteiger partial charge is 2.00 e. The van der Waals surface area contributed by atoms with Gasteiger partial charge in [0.05, 0.1) is 18.5 Å². The monoisotopic (exact) mass is 931 g/mol. The predicted molar refractivity (Wildman–Crippen MR) is 195 cm³/mol. The van der Waals surface area contributed by atoms with Crippen LogP contribution >= 0.6 is 11.3 Å². The van der Waals surface area contributed by atoms with Gasteiger partial charge in [0.2, 0.25) is 5.91 Å². The number of carbonyl (C=O) groups is 3. The molecule has 1 aliphatic heterocycles. The van der Waals surface area contributed by atoms with E-state index in [1.807, 2.05) is 31.3 Å². The molecule has 1 saturated carbocycles. The molecule has 11 nitrogen and oxygen atoms in total. The molecule has 2 fully saturated rings. The number of ether oxygens (including phenoxy) is 3. The molecular weight excluding hydrogens is 881 g/mol. The second-order valence-corrected chi connectivity index (χ2v) is 12.0. The molecule has 0 bridgehead atoms. The van der Waals surface area contributed by atoms with Gasteiger partial charge in [0.15, 0.2) is 0 Å². The maximum Gasteiger partial charge on any atom is 2.00 e. The number of amides is 2. The fraction of sp³-hybridized carbons (Fsp3) is 0.405. The van der Waals surface area contributed by atoms with Gasteiger partial charge in [-0.3, -0.25) is 9.59 Å². The van der Waals surface area contributed by atoms with Crippen molar-refractivity contribution in [1.29, 1.82) is 0 Å². The molecule has 2 aromatic rings. The first kappa shape index (κ1) is 44.8. The molecule has 0 radical (unpaired) electrons. The van der Waals surface area contributed by atoms with E-state index in [4.69, 9.17) is 14.2 Å². The van der Waals surface area contributed by atoms with Gasteiger partial charge in [-0.1, -0.05) is 43.5 Å². The van der Waals surface area contributed by atoms with E-state index < -0.39 is 11.9 Å². The van der Waals surface area contributed by atoms with Gasteiger partial charge in [-0.25, -0.2) is 9.78 Å². The number of allylic oxidation sites excluding steroid dienone is 3. The summed E-state index contributed by atoms with van der Waals surface area (Å²) in [6.45, 7) is 16.1. The molecule has 2 aliphatic rings. The molecule has 4 rings (SSSR count). The zero-order valence-corrected chi connectivity index (χ0v) is 34.7. The summed E-state index contributed by atoms with van der Waals surface area (Å²) in [5.41, 5.74) is 5.43. The molecule has 1 aromatic heterocycles. The smallest absolute Gasteiger partial charge is 0.464 e. The molecule has 50 heavy (non-hydrogen) atoms. The summed E-state index contributed by atoms with van der Waals surface area (Å²) in [5.74, 6) is -0.474. The van der Waals surface area contributed by atoms with E-state index in [0.29, 0.717) is 41.9 Å². The van der Waals surface area contributed by atoms with Crippen molar-refractivity contribution < 1.29 is 59.7 Å². The Kier molecular flexibility index (Phi) is 21.6. The third-order valence-electron chi connectivity index (χ3n) is 7.79. The minimum absolute atomic E-state index is 0. The van der Waals surface area contributed by atoms with Crippen molar-refractivity contribution in [2.75, 3.05) is 40.6 Å². The zero-order valence-electron chi connectivity index (χ0n) is 29.7. The molecule has 0 atom stereocenters. The van der Waals surface area contributed by atoms with Crippen LogP contribution in [0, 0.1) is 51.4 Å².